The number of amides is 2. The molecule has 2 aromatic rings. The van der Waals surface area contributed by atoms with Gasteiger partial charge in [0.1, 0.15) is 17.3 Å². The fourth-order valence-corrected chi connectivity index (χ4v) is 5.88. The first-order valence-electron chi connectivity index (χ1n) is 11.3. The molecule has 0 unspecified atom stereocenters. The molecule has 1 fully saturated rings. The second kappa shape index (κ2) is 11.0. The molecule has 1 N–H and O–H groups in total. The molecule has 0 bridgehead atoms. The first-order chi connectivity index (χ1) is 16.5. The van der Waals surface area contributed by atoms with E-state index in [0.29, 0.717) is 5.56 Å². The van der Waals surface area contributed by atoms with E-state index in [1.165, 1.54) is 0 Å². The van der Waals surface area contributed by atoms with E-state index in [4.69, 9.17) is 4.74 Å². The lowest BCUT2D eigenvalue weighted by atomic mass is 10.1. The van der Waals surface area contributed by atoms with Gasteiger partial charge in [-0.3, -0.25) is 4.79 Å². The third-order valence-corrected chi connectivity index (χ3v) is 8.03. The van der Waals surface area contributed by atoms with Crippen molar-refractivity contribution in [2.75, 3.05) is 12.8 Å². The van der Waals surface area contributed by atoms with E-state index in [1.54, 1.807) is 44.7 Å². The van der Waals surface area contributed by atoms with Crippen molar-refractivity contribution in [1.29, 1.82) is 0 Å². The zero-order valence-corrected chi connectivity index (χ0v) is 21.9. The maximum atomic E-state index is 13.7. The minimum Gasteiger partial charge on any atom is -0.452 e. The Morgan fingerprint density at radius 2 is 1.69 bits per heavy atom. The molecule has 2 amide bonds. The number of nitrogens with zero attached hydrogens (tertiary/aromatic N) is 1. The van der Waals surface area contributed by atoms with Crippen LogP contribution in [-0.4, -0.2) is 62.4 Å². The van der Waals surface area contributed by atoms with Crippen LogP contribution in [0.5, 0.6) is 0 Å². The molecule has 1 heterocycles. The summed E-state index contributed by atoms with van der Waals surface area (Å²) in [5, 5.41) is 9.96. The predicted molar refractivity (Wildman–Crippen MR) is 136 cm³/mol. The van der Waals surface area contributed by atoms with Gasteiger partial charge in [0.05, 0.1) is 5.56 Å². The number of hydrogen-bond donors (Lipinski definition) is 1. The number of thioether (sulfide) groups is 2. The largest absolute Gasteiger partial charge is 0.521 e. The molecule has 0 aromatic heterocycles. The summed E-state index contributed by atoms with van der Waals surface area (Å²) in [4.78, 5) is 52.5. The summed E-state index contributed by atoms with van der Waals surface area (Å²) in [7, 11) is 0. The molecular formula is C26H30NO6S2+. The molecule has 0 aliphatic carbocycles. The van der Waals surface area contributed by atoms with Gasteiger partial charge in [0, 0.05) is 17.7 Å². The zero-order valence-electron chi connectivity index (χ0n) is 20.2. The van der Waals surface area contributed by atoms with Crippen LogP contribution in [0.2, 0.25) is 0 Å². The summed E-state index contributed by atoms with van der Waals surface area (Å²) in [5.74, 6) is -1.15. The molecule has 35 heavy (non-hydrogen) atoms. The third-order valence-electron chi connectivity index (χ3n) is 6.23. The van der Waals surface area contributed by atoms with Crippen LogP contribution in [-0.2, 0) is 20.7 Å². The topological polar surface area (TPSA) is 97.7 Å². The number of quaternary nitrogens is 1. The molecule has 3 rings (SSSR count). The number of hydrogen-bond acceptors (Lipinski definition) is 7. The average Bonchev–Trinajstić information content (AvgIpc) is 3.15. The minimum absolute atomic E-state index is 0.139. The van der Waals surface area contributed by atoms with Crippen molar-refractivity contribution in [3.05, 3.63) is 65.7 Å². The Morgan fingerprint density at radius 3 is 2.26 bits per heavy atom. The van der Waals surface area contributed by atoms with Gasteiger partial charge in [-0.1, -0.05) is 42.1 Å². The number of imide groups is 1. The number of rotatable bonds is 7. The quantitative estimate of drug-likeness (QED) is 0.311. The Bertz CT molecular complexity index is 1100. The summed E-state index contributed by atoms with van der Waals surface area (Å²) in [6.07, 6.45) is 0.252. The number of carbonyl (C=O) groups is 4. The fraction of sp³-hybridized carbons (Fsp3) is 0.385. The highest BCUT2D eigenvalue weighted by Crippen LogP contribution is 2.38. The van der Waals surface area contributed by atoms with E-state index in [-0.39, 0.29) is 24.5 Å². The summed E-state index contributed by atoms with van der Waals surface area (Å²) < 4.78 is 3.45. The molecule has 1 aliphatic rings. The normalized spacial score (nSPS) is 21.9. The van der Waals surface area contributed by atoms with Crippen molar-refractivity contribution in [3.8, 4) is 0 Å². The van der Waals surface area contributed by atoms with Gasteiger partial charge in [-0.15, -0.1) is 11.8 Å². The molecule has 0 radical (unpaired) electrons. The average molecular weight is 517 g/mol. The van der Waals surface area contributed by atoms with Gasteiger partial charge < -0.3 is 9.84 Å². The van der Waals surface area contributed by atoms with E-state index in [1.807, 2.05) is 48.7 Å². The number of carboxylic acid groups (broad SMARTS) is 1. The van der Waals surface area contributed by atoms with Crippen molar-refractivity contribution in [2.45, 2.75) is 55.4 Å². The van der Waals surface area contributed by atoms with Crippen molar-refractivity contribution in [2.24, 2.45) is 0 Å². The lowest BCUT2D eigenvalue weighted by Gasteiger charge is -2.35. The maximum Gasteiger partial charge on any atom is 0.521 e. The summed E-state index contributed by atoms with van der Waals surface area (Å²) >= 11 is 2.40. The fourth-order valence-electron chi connectivity index (χ4n) is 4.41. The predicted octanol–water partition coefficient (Wildman–Crippen LogP) is 5.03. The Hall–Kier alpha value is -2.62. The van der Waals surface area contributed by atoms with Crippen LogP contribution < -0.4 is 0 Å². The second-order valence-electron chi connectivity index (χ2n) is 9.13. The zero-order chi connectivity index (χ0) is 25.8. The van der Waals surface area contributed by atoms with Gasteiger partial charge in [-0.2, -0.15) is 9.28 Å². The highest BCUT2D eigenvalue weighted by Gasteiger charge is 2.61. The van der Waals surface area contributed by atoms with Crippen LogP contribution in [0.25, 0.3) is 0 Å². The van der Waals surface area contributed by atoms with E-state index in [0.717, 1.165) is 22.2 Å². The van der Waals surface area contributed by atoms with Crippen LogP contribution in [0.15, 0.2) is 59.5 Å². The Labute approximate surface area is 213 Å². The van der Waals surface area contributed by atoms with Crippen LogP contribution >= 0.6 is 23.5 Å². The number of carbonyl (C=O) groups excluding carboxylic acids is 3. The monoisotopic (exact) mass is 516 g/mol. The number of likely N-dealkylation sites (tertiary alicyclic amines) is 1. The molecule has 1 aliphatic heterocycles. The Kier molecular flexibility index (Phi) is 8.46. The molecule has 7 nitrogen and oxygen atoms in total. The van der Waals surface area contributed by atoms with Crippen molar-refractivity contribution in [1.82, 2.24) is 0 Å². The van der Waals surface area contributed by atoms with E-state index >= 15 is 0 Å². The smallest absolute Gasteiger partial charge is 0.452 e. The van der Waals surface area contributed by atoms with E-state index in [9.17, 15) is 24.3 Å². The molecule has 2 aromatic carbocycles. The summed E-state index contributed by atoms with van der Waals surface area (Å²) in [5.41, 5.74) is 1.19. The lowest BCUT2D eigenvalue weighted by Crippen LogP contribution is -2.64. The lowest BCUT2D eigenvalue weighted by molar-refractivity contribution is -0.794. The molecule has 9 heteroatoms. The van der Waals surface area contributed by atoms with Crippen molar-refractivity contribution in [3.63, 3.8) is 0 Å². The van der Waals surface area contributed by atoms with Gasteiger partial charge in [-0.25, -0.2) is 9.59 Å². The van der Waals surface area contributed by atoms with E-state index < -0.39 is 39.3 Å². The van der Waals surface area contributed by atoms with Crippen LogP contribution in [0.1, 0.15) is 43.1 Å². The number of esters is 1. The third kappa shape index (κ3) is 5.97. The Balaban J connectivity index is 1.74. The minimum atomic E-state index is -1.31. The Morgan fingerprint density at radius 1 is 1.06 bits per heavy atom. The van der Waals surface area contributed by atoms with Gasteiger partial charge in [0.15, 0.2) is 11.2 Å². The van der Waals surface area contributed by atoms with Crippen molar-refractivity contribution >= 4 is 46.6 Å². The van der Waals surface area contributed by atoms with Crippen molar-refractivity contribution < 1.29 is 33.5 Å². The van der Waals surface area contributed by atoms with Gasteiger partial charge in [-0.05, 0) is 56.9 Å². The summed E-state index contributed by atoms with van der Waals surface area (Å²) in [6.45, 7) is 4.64. The first-order valence-corrected chi connectivity index (χ1v) is 13.3. The van der Waals surface area contributed by atoms with Gasteiger partial charge in [0.25, 0.3) is 0 Å². The van der Waals surface area contributed by atoms with Gasteiger partial charge in [0.2, 0.25) is 0 Å². The van der Waals surface area contributed by atoms with Crippen LogP contribution in [0.3, 0.4) is 0 Å². The molecule has 0 spiro atoms. The highest BCUT2D eigenvalue weighted by molar-refractivity contribution is 8.15. The molecule has 3 atom stereocenters. The number of benzene rings is 2. The SMILES string of the molecule is CSc1ccc(C(=O)O[C@H]2C[C@@H](C)[N@@+](C(=O)O)(C(=O)C(C)(C)SC(=O)Cc3ccccc3)C2)cc1. The maximum absolute atomic E-state index is 13.7. The number of ether oxygens (including phenoxy) is 1. The van der Waals surface area contributed by atoms with Crippen LogP contribution in [0.4, 0.5) is 4.79 Å². The molecule has 186 valence electrons. The second-order valence-corrected chi connectivity index (χ2v) is 11.7. The van der Waals surface area contributed by atoms with Gasteiger partial charge >= 0.3 is 18.0 Å². The molecule has 0 saturated carbocycles. The van der Waals surface area contributed by atoms with Crippen LogP contribution in [0, 0.1) is 0 Å². The first kappa shape index (κ1) is 27.0. The molecule has 1 saturated heterocycles. The molecular weight excluding hydrogens is 486 g/mol. The highest BCUT2D eigenvalue weighted by atomic mass is 32.2. The summed E-state index contributed by atoms with van der Waals surface area (Å²) in [6, 6.07) is 15.5. The van der Waals surface area contributed by atoms with E-state index in [2.05, 4.69) is 0 Å². The standard InChI is InChI=1S/C26H29NO6S2/c1-17-14-20(33-23(29)19-10-12-21(34-4)13-11-19)16-27(17,25(31)32)24(30)26(2,3)35-22(28)15-18-8-6-5-7-9-18/h5-13,17,20H,14-16H2,1-4H3/p+1/t17-,20+,27-/m1/s1.